The Morgan fingerprint density at radius 2 is 1.82 bits per heavy atom. The Hall–Kier alpha value is -2.67. The Morgan fingerprint density at radius 3 is 2.54 bits per heavy atom. The number of carbonyl (C=O) groups excluding carboxylic acids is 1. The molecular formula is C21H23FN4OS. The second kappa shape index (κ2) is 7.75. The van der Waals surface area contributed by atoms with E-state index in [1.165, 1.54) is 28.0 Å². The maximum Gasteiger partial charge on any atom is 0.317 e. The van der Waals surface area contributed by atoms with Crippen LogP contribution in [-0.4, -0.2) is 42.1 Å². The number of hydrogen-bond donors (Lipinski definition) is 1. The maximum atomic E-state index is 13.0. The van der Waals surface area contributed by atoms with E-state index in [4.69, 9.17) is 4.98 Å². The number of nitrogens with one attached hydrogen (secondary N) is 1. The fourth-order valence-corrected chi connectivity index (χ4v) is 4.42. The molecule has 0 saturated carbocycles. The molecule has 2 heterocycles. The van der Waals surface area contributed by atoms with Crippen molar-refractivity contribution in [3.05, 3.63) is 58.9 Å². The highest BCUT2D eigenvalue weighted by Gasteiger charge is 2.23. The minimum atomic E-state index is -0.272. The van der Waals surface area contributed by atoms with Crippen molar-refractivity contribution < 1.29 is 9.18 Å². The summed E-state index contributed by atoms with van der Waals surface area (Å²) in [5.74, 6) is -0.272. The Kier molecular flexibility index (Phi) is 5.17. The van der Waals surface area contributed by atoms with Gasteiger partial charge in [-0.1, -0.05) is 29.5 Å². The van der Waals surface area contributed by atoms with Crippen LogP contribution in [0.25, 0.3) is 10.2 Å². The molecule has 1 aliphatic heterocycles. The Morgan fingerprint density at radius 1 is 1.11 bits per heavy atom. The lowest BCUT2D eigenvalue weighted by Gasteiger charge is -2.34. The Balaban J connectivity index is 1.34. The van der Waals surface area contributed by atoms with Gasteiger partial charge in [0.15, 0.2) is 5.13 Å². The van der Waals surface area contributed by atoms with Crippen molar-refractivity contribution in [2.24, 2.45) is 0 Å². The van der Waals surface area contributed by atoms with E-state index in [1.54, 1.807) is 23.5 Å². The van der Waals surface area contributed by atoms with Crippen LogP contribution in [0, 0.1) is 19.7 Å². The van der Waals surface area contributed by atoms with Gasteiger partial charge in [-0.3, -0.25) is 0 Å². The summed E-state index contributed by atoms with van der Waals surface area (Å²) >= 11 is 1.71. The first-order valence-electron chi connectivity index (χ1n) is 9.40. The molecular weight excluding hydrogens is 375 g/mol. The topological polar surface area (TPSA) is 48.5 Å². The molecule has 1 N–H and O–H groups in total. The van der Waals surface area contributed by atoms with Gasteiger partial charge in [-0.2, -0.15) is 0 Å². The van der Waals surface area contributed by atoms with Gasteiger partial charge in [0.25, 0.3) is 0 Å². The summed E-state index contributed by atoms with van der Waals surface area (Å²) in [6.07, 6.45) is 0. The lowest BCUT2D eigenvalue weighted by atomic mass is 10.1. The van der Waals surface area contributed by atoms with E-state index in [2.05, 4.69) is 36.2 Å². The van der Waals surface area contributed by atoms with E-state index in [0.29, 0.717) is 19.6 Å². The first-order chi connectivity index (χ1) is 13.5. The highest BCUT2D eigenvalue weighted by molar-refractivity contribution is 7.22. The smallest absolute Gasteiger partial charge is 0.317 e. The minimum Gasteiger partial charge on any atom is -0.345 e. The number of rotatable bonds is 3. The zero-order valence-corrected chi connectivity index (χ0v) is 16.9. The first-order valence-corrected chi connectivity index (χ1v) is 10.2. The first kappa shape index (κ1) is 18.7. The molecule has 2 aromatic carbocycles. The predicted octanol–water partition coefficient (Wildman–Crippen LogP) is 4.08. The second-order valence-electron chi connectivity index (χ2n) is 7.11. The highest BCUT2D eigenvalue weighted by Crippen LogP contribution is 2.32. The number of hydrogen-bond acceptors (Lipinski definition) is 4. The third-order valence-corrected chi connectivity index (χ3v) is 6.35. The number of amides is 2. The standard InChI is InChI=1S/C21H23FN4OS/c1-14-3-8-18-19(15(14)2)24-21(28-18)26-11-9-25(10-12-26)20(27)23-13-16-4-6-17(22)7-5-16/h3-8H,9-13H2,1-2H3,(H,23,27). The molecule has 0 bridgehead atoms. The summed E-state index contributed by atoms with van der Waals surface area (Å²) in [5.41, 5.74) is 4.46. The van der Waals surface area contributed by atoms with E-state index >= 15 is 0 Å². The number of halogens is 1. The number of piperazine rings is 1. The summed E-state index contributed by atoms with van der Waals surface area (Å²) in [7, 11) is 0. The Labute approximate surface area is 167 Å². The zero-order valence-electron chi connectivity index (χ0n) is 16.0. The molecule has 2 amide bonds. The number of fused-ring (bicyclic) bond motifs is 1. The monoisotopic (exact) mass is 398 g/mol. The SMILES string of the molecule is Cc1ccc2sc(N3CCN(C(=O)NCc4ccc(F)cc4)CC3)nc2c1C. The number of aryl methyl sites for hydroxylation is 2. The molecule has 0 aliphatic carbocycles. The molecule has 1 fully saturated rings. The molecule has 5 nitrogen and oxygen atoms in total. The molecule has 0 atom stereocenters. The number of aromatic nitrogens is 1. The van der Waals surface area contributed by atoms with Crippen LogP contribution in [0.4, 0.5) is 14.3 Å². The van der Waals surface area contributed by atoms with Crippen LogP contribution in [0.1, 0.15) is 16.7 Å². The van der Waals surface area contributed by atoms with Crippen LogP contribution in [0.15, 0.2) is 36.4 Å². The lowest BCUT2D eigenvalue weighted by Crippen LogP contribution is -2.51. The summed E-state index contributed by atoms with van der Waals surface area (Å²) < 4.78 is 14.2. The molecule has 7 heteroatoms. The van der Waals surface area contributed by atoms with E-state index < -0.39 is 0 Å². The van der Waals surface area contributed by atoms with E-state index in [9.17, 15) is 9.18 Å². The van der Waals surface area contributed by atoms with Gasteiger partial charge in [-0.15, -0.1) is 0 Å². The van der Waals surface area contributed by atoms with Crippen LogP contribution in [0.2, 0.25) is 0 Å². The normalized spacial score (nSPS) is 14.5. The summed E-state index contributed by atoms with van der Waals surface area (Å²) in [4.78, 5) is 21.3. The zero-order chi connectivity index (χ0) is 19.7. The van der Waals surface area contributed by atoms with Crippen LogP contribution < -0.4 is 10.2 Å². The fraction of sp³-hybridized carbons (Fsp3) is 0.333. The molecule has 0 unspecified atom stereocenters. The lowest BCUT2D eigenvalue weighted by molar-refractivity contribution is 0.194. The van der Waals surface area contributed by atoms with Gasteiger partial charge in [0.2, 0.25) is 0 Å². The van der Waals surface area contributed by atoms with Gasteiger partial charge < -0.3 is 15.1 Å². The molecule has 1 aliphatic rings. The van der Waals surface area contributed by atoms with Crippen molar-refractivity contribution in [2.75, 3.05) is 31.1 Å². The van der Waals surface area contributed by atoms with Gasteiger partial charge in [0, 0.05) is 32.7 Å². The average molecular weight is 399 g/mol. The van der Waals surface area contributed by atoms with Gasteiger partial charge in [-0.25, -0.2) is 14.2 Å². The maximum absolute atomic E-state index is 13.0. The van der Waals surface area contributed by atoms with Crippen molar-refractivity contribution in [2.45, 2.75) is 20.4 Å². The van der Waals surface area contributed by atoms with Gasteiger partial charge in [0.05, 0.1) is 10.2 Å². The Bertz CT molecular complexity index is 994. The highest BCUT2D eigenvalue weighted by atomic mass is 32.1. The molecule has 146 valence electrons. The van der Waals surface area contributed by atoms with Gasteiger partial charge in [-0.05, 0) is 48.7 Å². The second-order valence-corrected chi connectivity index (χ2v) is 8.12. The average Bonchev–Trinajstić information content (AvgIpc) is 3.15. The van der Waals surface area contributed by atoms with E-state index in [0.717, 1.165) is 29.3 Å². The van der Waals surface area contributed by atoms with Crippen molar-refractivity contribution in [1.82, 2.24) is 15.2 Å². The molecule has 1 saturated heterocycles. The number of urea groups is 1. The van der Waals surface area contributed by atoms with Crippen LogP contribution in [0.5, 0.6) is 0 Å². The third-order valence-electron chi connectivity index (χ3n) is 5.27. The van der Waals surface area contributed by atoms with Crippen molar-refractivity contribution in [1.29, 1.82) is 0 Å². The van der Waals surface area contributed by atoms with E-state index in [-0.39, 0.29) is 11.8 Å². The predicted molar refractivity (Wildman–Crippen MR) is 112 cm³/mol. The number of nitrogens with zero attached hydrogens (tertiary/aromatic N) is 3. The van der Waals surface area contributed by atoms with Gasteiger partial charge >= 0.3 is 6.03 Å². The molecule has 3 aromatic rings. The number of anilines is 1. The summed E-state index contributed by atoms with van der Waals surface area (Å²) in [5, 5.41) is 3.93. The van der Waals surface area contributed by atoms with E-state index in [1.807, 2.05) is 4.90 Å². The minimum absolute atomic E-state index is 0.0836. The number of carbonyl (C=O) groups is 1. The van der Waals surface area contributed by atoms with Crippen molar-refractivity contribution in [3.63, 3.8) is 0 Å². The molecule has 1 aromatic heterocycles. The van der Waals surface area contributed by atoms with Gasteiger partial charge in [0.1, 0.15) is 5.82 Å². The number of benzene rings is 2. The molecule has 4 rings (SSSR count). The quantitative estimate of drug-likeness (QED) is 0.723. The largest absolute Gasteiger partial charge is 0.345 e. The number of thiazole rings is 1. The van der Waals surface area contributed by atoms with Crippen LogP contribution in [-0.2, 0) is 6.54 Å². The van der Waals surface area contributed by atoms with Crippen molar-refractivity contribution in [3.8, 4) is 0 Å². The molecule has 28 heavy (non-hydrogen) atoms. The fourth-order valence-electron chi connectivity index (χ4n) is 3.34. The summed E-state index contributed by atoms with van der Waals surface area (Å²) in [6.45, 7) is 7.47. The van der Waals surface area contributed by atoms with Crippen molar-refractivity contribution >= 4 is 32.7 Å². The molecule has 0 radical (unpaired) electrons. The van der Waals surface area contributed by atoms with Crippen LogP contribution >= 0.6 is 11.3 Å². The third kappa shape index (κ3) is 3.80. The summed E-state index contributed by atoms with van der Waals surface area (Å²) in [6, 6.07) is 10.4. The van der Waals surface area contributed by atoms with Crippen LogP contribution in [0.3, 0.4) is 0 Å². The molecule has 0 spiro atoms.